The highest BCUT2D eigenvalue weighted by molar-refractivity contribution is 5.68. The predicted octanol–water partition coefficient (Wildman–Crippen LogP) is 4.05. The van der Waals surface area contributed by atoms with E-state index in [1.54, 1.807) is 25.7 Å². The van der Waals surface area contributed by atoms with E-state index in [0.717, 1.165) is 0 Å². The molecule has 0 bridgehead atoms. The second kappa shape index (κ2) is 6.76. The summed E-state index contributed by atoms with van der Waals surface area (Å²) in [7, 11) is 0. The molecule has 2 rings (SSSR count). The van der Waals surface area contributed by atoms with Crippen LogP contribution in [0.5, 0.6) is 0 Å². The summed E-state index contributed by atoms with van der Waals surface area (Å²) in [6.45, 7) is 6.03. The second-order valence-electron chi connectivity index (χ2n) is 7.24. The van der Waals surface area contributed by atoms with E-state index in [2.05, 4.69) is 6.07 Å². The zero-order valence-electron chi connectivity index (χ0n) is 14.2. The van der Waals surface area contributed by atoms with E-state index >= 15 is 0 Å². The van der Waals surface area contributed by atoms with E-state index in [-0.39, 0.29) is 12.0 Å². The normalized spacial score (nSPS) is 17.2. The fourth-order valence-electron chi connectivity index (χ4n) is 2.81. The summed E-state index contributed by atoms with van der Waals surface area (Å²) >= 11 is 0. The number of carbonyl (C=O) groups is 1. The first-order valence-corrected chi connectivity index (χ1v) is 7.98. The molecule has 1 aromatic carbocycles. The Morgan fingerprint density at radius 2 is 1.83 bits per heavy atom. The molecule has 0 unspecified atom stereocenters. The van der Waals surface area contributed by atoms with E-state index in [1.807, 2.05) is 0 Å². The lowest BCUT2D eigenvalue weighted by atomic mass is 9.75. The Morgan fingerprint density at radius 1 is 1.29 bits per heavy atom. The van der Waals surface area contributed by atoms with Crippen LogP contribution in [-0.2, 0) is 11.2 Å². The van der Waals surface area contributed by atoms with E-state index in [1.165, 1.54) is 18.2 Å². The molecule has 0 aromatic heterocycles. The Kier molecular flexibility index (Phi) is 5.12. The molecule has 0 atom stereocenters. The van der Waals surface area contributed by atoms with E-state index in [0.29, 0.717) is 25.9 Å². The molecule has 1 aromatic rings. The highest BCUT2D eigenvalue weighted by Crippen LogP contribution is 2.36. The van der Waals surface area contributed by atoms with Gasteiger partial charge in [0.1, 0.15) is 17.2 Å². The minimum Gasteiger partial charge on any atom is -0.444 e. The second-order valence-corrected chi connectivity index (χ2v) is 7.24. The van der Waals surface area contributed by atoms with Crippen LogP contribution in [-0.4, -0.2) is 29.7 Å². The summed E-state index contributed by atoms with van der Waals surface area (Å²) in [6.07, 6.45) is 0.295. The minimum atomic E-state index is -0.873. The molecule has 1 amide bonds. The Morgan fingerprint density at radius 3 is 2.29 bits per heavy atom. The number of carbonyl (C=O) groups excluding carboxylic acids is 1. The van der Waals surface area contributed by atoms with Crippen LogP contribution < -0.4 is 0 Å². The van der Waals surface area contributed by atoms with Crippen LogP contribution in [0.25, 0.3) is 0 Å². The SMILES string of the molecule is CC(C)(C)OC(=O)N1CCC(C#N)(Cc2c(F)cccc2F)CC1. The first kappa shape index (κ1) is 18.2. The van der Waals surface area contributed by atoms with Crippen molar-refractivity contribution in [3.63, 3.8) is 0 Å². The number of nitrogens with zero attached hydrogens (tertiary/aromatic N) is 2. The average Bonchev–Trinajstić information content (AvgIpc) is 2.50. The van der Waals surface area contributed by atoms with Crippen molar-refractivity contribution in [1.29, 1.82) is 5.26 Å². The zero-order valence-corrected chi connectivity index (χ0v) is 14.2. The number of nitriles is 1. The van der Waals surface area contributed by atoms with Gasteiger partial charge in [0.05, 0.1) is 11.5 Å². The molecule has 130 valence electrons. The molecule has 1 fully saturated rings. The lowest BCUT2D eigenvalue weighted by molar-refractivity contribution is 0.0147. The molecule has 1 aliphatic rings. The highest BCUT2D eigenvalue weighted by Gasteiger charge is 2.38. The molecule has 0 saturated carbocycles. The molecule has 1 heterocycles. The molecule has 4 nitrogen and oxygen atoms in total. The number of hydrogen-bond donors (Lipinski definition) is 0. The molecule has 0 spiro atoms. The van der Waals surface area contributed by atoms with Gasteiger partial charge >= 0.3 is 6.09 Å². The lowest BCUT2D eigenvalue weighted by Gasteiger charge is -2.38. The fraction of sp³-hybridized carbons (Fsp3) is 0.556. The fourth-order valence-corrected chi connectivity index (χ4v) is 2.81. The summed E-state index contributed by atoms with van der Waals surface area (Å²) in [5, 5.41) is 9.57. The number of halogens is 2. The predicted molar refractivity (Wildman–Crippen MR) is 85.1 cm³/mol. The topological polar surface area (TPSA) is 53.3 Å². The molecule has 6 heteroatoms. The summed E-state index contributed by atoms with van der Waals surface area (Å²) < 4.78 is 33.1. The van der Waals surface area contributed by atoms with Crippen molar-refractivity contribution < 1.29 is 18.3 Å². The molecule has 1 saturated heterocycles. The summed E-state index contributed by atoms with van der Waals surface area (Å²) in [5.41, 5.74) is -1.52. The van der Waals surface area contributed by atoms with Crippen molar-refractivity contribution in [2.24, 2.45) is 5.41 Å². The summed E-state index contributed by atoms with van der Waals surface area (Å²) in [5.74, 6) is -1.28. The van der Waals surface area contributed by atoms with Crippen molar-refractivity contribution in [1.82, 2.24) is 4.90 Å². The monoisotopic (exact) mass is 336 g/mol. The first-order chi connectivity index (χ1) is 11.2. The van der Waals surface area contributed by atoms with Gasteiger partial charge in [-0.3, -0.25) is 0 Å². The third-order valence-corrected chi connectivity index (χ3v) is 4.19. The largest absolute Gasteiger partial charge is 0.444 e. The van der Waals surface area contributed by atoms with Crippen molar-refractivity contribution >= 4 is 6.09 Å². The third kappa shape index (κ3) is 4.22. The molecular formula is C18H22F2N2O2. The smallest absolute Gasteiger partial charge is 0.410 e. The molecule has 1 aliphatic heterocycles. The van der Waals surface area contributed by atoms with Crippen molar-refractivity contribution in [3.05, 3.63) is 35.4 Å². The number of likely N-dealkylation sites (tertiary alicyclic amines) is 1. The maximum absolute atomic E-state index is 13.9. The lowest BCUT2D eigenvalue weighted by Crippen LogP contribution is -2.45. The molecule has 24 heavy (non-hydrogen) atoms. The first-order valence-electron chi connectivity index (χ1n) is 7.98. The van der Waals surface area contributed by atoms with Gasteiger partial charge in [-0.2, -0.15) is 5.26 Å². The average molecular weight is 336 g/mol. The maximum atomic E-state index is 13.9. The van der Waals surface area contributed by atoms with Gasteiger partial charge < -0.3 is 9.64 Å². The number of piperidine rings is 1. The Hall–Kier alpha value is -2.16. The van der Waals surface area contributed by atoms with Gasteiger partial charge in [0.25, 0.3) is 0 Å². The van der Waals surface area contributed by atoms with Gasteiger partial charge in [-0.25, -0.2) is 13.6 Å². The van der Waals surface area contributed by atoms with Gasteiger partial charge in [-0.1, -0.05) is 6.07 Å². The number of rotatable bonds is 2. The van der Waals surface area contributed by atoms with Gasteiger partial charge in [0.15, 0.2) is 0 Å². The Balaban J connectivity index is 2.07. The van der Waals surface area contributed by atoms with Crippen LogP contribution in [0.2, 0.25) is 0 Å². The summed E-state index contributed by atoms with van der Waals surface area (Å²) in [4.78, 5) is 13.6. The molecule has 0 N–H and O–H groups in total. The van der Waals surface area contributed by atoms with E-state index in [4.69, 9.17) is 4.74 Å². The third-order valence-electron chi connectivity index (χ3n) is 4.19. The number of amides is 1. The molecular weight excluding hydrogens is 314 g/mol. The van der Waals surface area contributed by atoms with Crippen LogP contribution in [0, 0.1) is 28.4 Å². The van der Waals surface area contributed by atoms with Crippen LogP contribution in [0.4, 0.5) is 13.6 Å². The number of ether oxygens (including phenoxy) is 1. The number of hydrogen-bond acceptors (Lipinski definition) is 3. The van der Waals surface area contributed by atoms with Crippen LogP contribution in [0.15, 0.2) is 18.2 Å². The standard InChI is InChI=1S/C18H22F2N2O2/c1-17(2,3)24-16(23)22-9-7-18(12-21,8-10-22)11-13-14(19)5-4-6-15(13)20/h4-6H,7-11H2,1-3H3. The van der Waals surface area contributed by atoms with Crippen molar-refractivity contribution in [2.75, 3.05) is 13.1 Å². The van der Waals surface area contributed by atoms with Gasteiger partial charge in [0, 0.05) is 18.7 Å². The maximum Gasteiger partial charge on any atom is 0.410 e. The van der Waals surface area contributed by atoms with E-state index in [9.17, 15) is 18.8 Å². The van der Waals surface area contributed by atoms with Crippen LogP contribution >= 0.6 is 0 Å². The Bertz CT molecular complexity index is 634. The van der Waals surface area contributed by atoms with Crippen LogP contribution in [0.3, 0.4) is 0 Å². The number of benzene rings is 1. The van der Waals surface area contributed by atoms with Crippen LogP contribution in [0.1, 0.15) is 39.2 Å². The molecule has 0 radical (unpaired) electrons. The minimum absolute atomic E-state index is 0.00413. The molecule has 0 aliphatic carbocycles. The highest BCUT2D eigenvalue weighted by atomic mass is 19.1. The van der Waals surface area contributed by atoms with Gasteiger partial charge in [0.2, 0.25) is 0 Å². The summed E-state index contributed by atoms with van der Waals surface area (Å²) in [6, 6.07) is 5.91. The van der Waals surface area contributed by atoms with Gasteiger partial charge in [-0.15, -0.1) is 0 Å². The Labute approximate surface area is 141 Å². The van der Waals surface area contributed by atoms with Crippen molar-refractivity contribution in [2.45, 2.75) is 45.6 Å². The zero-order chi connectivity index (χ0) is 18.0. The van der Waals surface area contributed by atoms with E-state index < -0.39 is 28.7 Å². The quantitative estimate of drug-likeness (QED) is 0.819. The van der Waals surface area contributed by atoms with Gasteiger partial charge in [-0.05, 0) is 52.2 Å². The van der Waals surface area contributed by atoms with Crippen molar-refractivity contribution in [3.8, 4) is 6.07 Å².